The molecule has 0 aromatic heterocycles. The molecule has 0 saturated carbocycles. The number of hydrogen-bond acceptors (Lipinski definition) is 3. The normalized spacial score (nSPS) is 29.7. The Hall–Kier alpha value is -1.09. The van der Waals surface area contributed by atoms with E-state index in [9.17, 15) is 9.90 Å². The first kappa shape index (κ1) is 15.0. The van der Waals surface area contributed by atoms with E-state index < -0.39 is 11.5 Å². The summed E-state index contributed by atoms with van der Waals surface area (Å²) in [5.74, 6) is 0.319. The highest BCUT2D eigenvalue weighted by molar-refractivity contribution is 5.89. The largest absolute Gasteiger partial charge is 0.466 e. The fourth-order valence-corrected chi connectivity index (χ4v) is 2.68. The van der Waals surface area contributed by atoms with Gasteiger partial charge in [0.05, 0.1) is 13.2 Å². The molecule has 0 aromatic carbocycles. The molecule has 1 aliphatic rings. The van der Waals surface area contributed by atoms with Crippen LogP contribution in [0.25, 0.3) is 0 Å². The Bertz CT molecular complexity index is 357. The van der Waals surface area contributed by atoms with Crippen molar-refractivity contribution in [3.05, 3.63) is 24.3 Å². The topological polar surface area (TPSA) is 46.5 Å². The molecule has 0 spiro atoms. The van der Waals surface area contributed by atoms with Crippen LogP contribution in [0.1, 0.15) is 33.6 Å². The summed E-state index contributed by atoms with van der Waals surface area (Å²) < 4.78 is 4.86. The van der Waals surface area contributed by atoms with Gasteiger partial charge >= 0.3 is 5.97 Å². The van der Waals surface area contributed by atoms with E-state index in [1.807, 2.05) is 13.0 Å². The number of methoxy groups -OCH3 is 1. The van der Waals surface area contributed by atoms with Crippen LogP contribution in [0, 0.1) is 17.3 Å². The smallest absolute Gasteiger partial charge is 0.333 e. The maximum Gasteiger partial charge on any atom is 0.333 e. The molecule has 3 heteroatoms. The highest BCUT2D eigenvalue weighted by Gasteiger charge is 2.38. The van der Waals surface area contributed by atoms with E-state index in [0.29, 0.717) is 11.5 Å². The average Bonchev–Trinajstić information content (AvgIpc) is 2.36. The van der Waals surface area contributed by atoms with Gasteiger partial charge in [-0.2, -0.15) is 0 Å². The molecule has 0 heterocycles. The van der Waals surface area contributed by atoms with E-state index in [1.54, 1.807) is 0 Å². The first-order valence-electron chi connectivity index (χ1n) is 6.47. The molecule has 18 heavy (non-hydrogen) atoms. The van der Waals surface area contributed by atoms with Crippen LogP contribution in [0.3, 0.4) is 0 Å². The van der Waals surface area contributed by atoms with Crippen LogP contribution in [-0.4, -0.2) is 24.3 Å². The number of ether oxygens (including phenoxy) is 1. The molecule has 0 aliphatic heterocycles. The van der Waals surface area contributed by atoms with Gasteiger partial charge < -0.3 is 9.84 Å². The number of aliphatic hydroxyl groups is 1. The molecule has 0 saturated heterocycles. The lowest BCUT2D eigenvalue weighted by Gasteiger charge is -2.38. The minimum absolute atomic E-state index is 0.211. The summed E-state index contributed by atoms with van der Waals surface area (Å²) >= 11 is 0. The van der Waals surface area contributed by atoms with Gasteiger partial charge in [0.15, 0.2) is 0 Å². The van der Waals surface area contributed by atoms with Crippen LogP contribution >= 0.6 is 0 Å². The standard InChI is InChI=1S/C15H24O3/c1-6-13(16)15(4)8-7-11(10(2)3)12(9-15)14(17)18-5/h6,9-11,13,16H,1,7-8H2,2-5H3/t11-,13?,15+/m0/s1. The molecule has 0 bridgehead atoms. The van der Waals surface area contributed by atoms with Gasteiger partial charge in [-0.3, -0.25) is 0 Å². The highest BCUT2D eigenvalue weighted by Crippen LogP contribution is 2.42. The molecule has 0 radical (unpaired) electrons. The van der Waals surface area contributed by atoms with E-state index >= 15 is 0 Å². The van der Waals surface area contributed by atoms with Crippen molar-refractivity contribution in [1.29, 1.82) is 0 Å². The van der Waals surface area contributed by atoms with Crippen LogP contribution in [-0.2, 0) is 9.53 Å². The maximum atomic E-state index is 11.9. The van der Waals surface area contributed by atoms with Gasteiger partial charge in [-0.15, -0.1) is 6.58 Å². The zero-order chi connectivity index (χ0) is 13.9. The fraction of sp³-hybridized carbons (Fsp3) is 0.667. The number of hydrogen-bond donors (Lipinski definition) is 1. The number of rotatable bonds is 4. The van der Waals surface area contributed by atoms with Crippen LogP contribution in [0.15, 0.2) is 24.3 Å². The second kappa shape index (κ2) is 5.70. The van der Waals surface area contributed by atoms with E-state index in [-0.39, 0.29) is 11.9 Å². The molecule has 1 aliphatic carbocycles. The van der Waals surface area contributed by atoms with Gasteiger partial charge in [-0.25, -0.2) is 4.79 Å². The molecule has 0 amide bonds. The summed E-state index contributed by atoms with van der Waals surface area (Å²) in [5, 5.41) is 10.0. The van der Waals surface area contributed by atoms with Crippen LogP contribution < -0.4 is 0 Å². The Labute approximate surface area is 110 Å². The van der Waals surface area contributed by atoms with Gasteiger partial charge in [0.1, 0.15) is 0 Å². The Kier molecular flexibility index (Phi) is 4.74. The van der Waals surface area contributed by atoms with Crippen molar-refractivity contribution in [3.63, 3.8) is 0 Å². The summed E-state index contributed by atoms with van der Waals surface area (Å²) in [6, 6.07) is 0. The second-order valence-electron chi connectivity index (χ2n) is 5.67. The van der Waals surface area contributed by atoms with Crippen molar-refractivity contribution in [1.82, 2.24) is 0 Å². The number of carbonyl (C=O) groups is 1. The molecule has 1 N–H and O–H groups in total. The zero-order valence-electron chi connectivity index (χ0n) is 11.8. The lowest BCUT2D eigenvalue weighted by atomic mass is 9.68. The third-order valence-electron chi connectivity index (χ3n) is 4.00. The SMILES string of the molecule is C=CC(O)[C@@]1(C)C=C(C(=O)OC)[C@H](C(C)C)CC1. The summed E-state index contributed by atoms with van der Waals surface area (Å²) in [5.41, 5.74) is 0.276. The van der Waals surface area contributed by atoms with Gasteiger partial charge in [0, 0.05) is 11.0 Å². The molecule has 1 rings (SSSR count). The van der Waals surface area contributed by atoms with Crippen molar-refractivity contribution >= 4 is 5.97 Å². The maximum absolute atomic E-state index is 11.9. The van der Waals surface area contributed by atoms with Crippen LogP contribution in [0.5, 0.6) is 0 Å². The summed E-state index contributed by atoms with van der Waals surface area (Å²) in [4.78, 5) is 11.9. The van der Waals surface area contributed by atoms with Gasteiger partial charge in [-0.1, -0.05) is 32.9 Å². The third kappa shape index (κ3) is 2.83. The number of aliphatic hydroxyl groups excluding tert-OH is 1. The molecular weight excluding hydrogens is 228 g/mol. The zero-order valence-corrected chi connectivity index (χ0v) is 11.8. The van der Waals surface area contributed by atoms with E-state index in [4.69, 9.17) is 4.74 Å². The van der Waals surface area contributed by atoms with E-state index in [0.717, 1.165) is 12.8 Å². The van der Waals surface area contributed by atoms with Crippen molar-refractivity contribution in [2.24, 2.45) is 17.3 Å². The lowest BCUT2D eigenvalue weighted by Crippen LogP contribution is -2.36. The first-order valence-corrected chi connectivity index (χ1v) is 6.47. The molecule has 0 fully saturated rings. The van der Waals surface area contributed by atoms with Gasteiger partial charge in [0.2, 0.25) is 0 Å². The van der Waals surface area contributed by atoms with E-state index in [2.05, 4.69) is 20.4 Å². The van der Waals surface area contributed by atoms with Crippen molar-refractivity contribution in [3.8, 4) is 0 Å². The molecule has 3 atom stereocenters. The van der Waals surface area contributed by atoms with Crippen LogP contribution in [0.2, 0.25) is 0 Å². The summed E-state index contributed by atoms with van der Waals surface area (Å²) in [7, 11) is 1.40. The fourth-order valence-electron chi connectivity index (χ4n) is 2.68. The molecule has 1 unspecified atom stereocenters. The monoisotopic (exact) mass is 252 g/mol. The Balaban J connectivity index is 3.14. The quantitative estimate of drug-likeness (QED) is 0.618. The Morgan fingerprint density at radius 2 is 2.28 bits per heavy atom. The third-order valence-corrected chi connectivity index (χ3v) is 4.00. The summed E-state index contributed by atoms with van der Waals surface area (Å²) in [6.07, 6.45) is 4.52. The number of carbonyl (C=O) groups excluding carboxylic acids is 1. The average molecular weight is 252 g/mol. The predicted octanol–water partition coefficient (Wildman–Crippen LogP) is 2.71. The molecule has 3 nitrogen and oxygen atoms in total. The second-order valence-corrected chi connectivity index (χ2v) is 5.67. The molecule has 0 aromatic rings. The van der Waals surface area contributed by atoms with Gasteiger partial charge in [0.25, 0.3) is 0 Å². The minimum atomic E-state index is -0.634. The number of esters is 1. The summed E-state index contributed by atoms with van der Waals surface area (Å²) in [6.45, 7) is 9.80. The first-order chi connectivity index (χ1) is 8.35. The molecule has 102 valence electrons. The lowest BCUT2D eigenvalue weighted by molar-refractivity contribution is -0.137. The predicted molar refractivity (Wildman–Crippen MR) is 72.0 cm³/mol. The van der Waals surface area contributed by atoms with Crippen LogP contribution in [0.4, 0.5) is 0 Å². The highest BCUT2D eigenvalue weighted by atomic mass is 16.5. The Morgan fingerprint density at radius 3 is 2.72 bits per heavy atom. The Morgan fingerprint density at radius 1 is 1.67 bits per heavy atom. The van der Waals surface area contributed by atoms with Crippen molar-refractivity contribution in [2.45, 2.75) is 39.7 Å². The van der Waals surface area contributed by atoms with Gasteiger partial charge in [-0.05, 0) is 24.7 Å². The minimum Gasteiger partial charge on any atom is -0.466 e. The molecular formula is C15H24O3. The van der Waals surface area contributed by atoms with E-state index in [1.165, 1.54) is 13.2 Å². The van der Waals surface area contributed by atoms with Crippen molar-refractivity contribution < 1.29 is 14.6 Å². The van der Waals surface area contributed by atoms with Crippen molar-refractivity contribution in [2.75, 3.05) is 7.11 Å².